The van der Waals surface area contributed by atoms with Gasteiger partial charge in [0.2, 0.25) is 5.91 Å². The van der Waals surface area contributed by atoms with E-state index in [4.69, 9.17) is 5.11 Å². The van der Waals surface area contributed by atoms with Crippen LogP contribution in [0.15, 0.2) is 24.3 Å². The average molecular weight is 348 g/mol. The minimum Gasteiger partial charge on any atom is -0.480 e. The molecule has 2 atom stereocenters. The van der Waals surface area contributed by atoms with Crippen molar-refractivity contribution in [3.8, 4) is 0 Å². The first-order valence-electron chi connectivity index (χ1n) is 8.38. The monoisotopic (exact) mass is 348 g/mol. The largest absolute Gasteiger partial charge is 0.480 e. The van der Waals surface area contributed by atoms with E-state index in [-0.39, 0.29) is 17.2 Å². The van der Waals surface area contributed by atoms with Crippen LogP contribution in [-0.2, 0) is 15.0 Å². The van der Waals surface area contributed by atoms with Crippen LogP contribution in [0.4, 0.5) is 0 Å². The van der Waals surface area contributed by atoms with E-state index in [2.05, 4.69) is 31.4 Å². The van der Waals surface area contributed by atoms with Gasteiger partial charge in [-0.1, -0.05) is 46.8 Å². The average Bonchev–Trinajstić information content (AvgIpc) is 2.50. The lowest BCUT2D eigenvalue weighted by atomic mass is 9.86. The molecule has 1 aromatic carbocycles. The Bertz CT molecular complexity index is 630. The van der Waals surface area contributed by atoms with E-state index in [1.807, 2.05) is 12.1 Å². The summed E-state index contributed by atoms with van der Waals surface area (Å²) in [4.78, 5) is 35.6. The molecule has 6 nitrogen and oxygen atoms in total. The van der Waals surface area contributed by atoms with Crippen LogP contribution in [0, 0.1) is 5.92 Å². The molecule has 0 saturated heterocycles. The van der Waals surface area contributed by atoms with Crippen LogP contribution >= 0.6 is 0 Å². The molecule has 0 saturated carbocycles. The Balaban J connectivity index is 2.86. The highest BCUT2D eigenvalue weighted by Gasteiger charge is 2.27. The van der Waals surface area contributed by atoms with Crippen molar-refractivity contribution in [2.24, 2.45) is 5.92 Å². The summed E-state index contributed by atoms with van der Waals surface area (Å²) in [5.41, 5.74) is 1.55. The highest BCUT2D eigenvalue weighted by Crippen LogP contribution is 2.22. The van der Waals surface area contributed by atoms with Gasteiger partial charge in [-0.15, -0.1) is 0 Å². The fourth-order valence-corrected chi connectivity index (χ4v) is 2.25. The number of hydrogen-bond acceptors (Lipinski definition) is 3. The third-order valence-corrected chi connectivity index (χ3v) is 3.98. The molecule has 0 aliphatic heterocycles. The number of carboxylic acids is 1. The lowest BCUT2D eigenvalue weighted by Gasteiger charge is -2.23. The number of carbonyl (C=O) groups is 3. The highest BCUT2D eigenvalue weighted by molar-refractivity contribution is 5.98. The fraction of sp³-hybridized carbons (Fsp3) is 0.526. The van der Waals surface area contributed by atoms with E-state index < -0.39 is 24.0 Å². The molecule has 0 aromatic heterocycles. The zero-order valence-electron chi connectivity index (χ0n) is 15.7. The minimum atomic E-state index is -1.13. The number of rotatable bonds is 6. The number of hydrogen-bond donors (Lipinski definition) is 3. The summed E-state index contributed by atoms with van der Waals surface area (Å²) >= 11 is 0. The van der Waals surface area contributed by atoms with Crippen molar-refractivity contribution in [1.82, 2.24) is 10.6 Å². The second-order valence-corrected chi connectivity index (χ2v) is 7.59. The van der Waals surface area contributed by atoms with Gasteiger partial charge in [0.05, 0.1) is 0 Å². The van der Waals surface area contributed by atoms with Gasteiger partial charge in [-0.2, -0.15) is 0 Å². The quantitative estimate of drug-likeness (QED) is 0.735. The van der Waals surface area contributed by atoms with E-state index >= 15 is 0 Å². The first-order valence-corrected chi connectivity index (χ1v) is 8.38. The topological polar surface area (TPSA) is 95.5 Å². The SMILES string of the molecule is CC(C)C(NC(=O)c1ccc(C(C)(C)C)cc1)C(=O)N[C@H](C)C(=O)O. The molecule has 2 amide bonds. The Kier molecular flexibility index (Phi) is 6.73. The Hall–Kier alpha value is -2.37. The van der Waals surface area contributed by atoms with E-state index in [1.54, 1.807) is 26.0 Å². The maximum absolute atomic E-state index is 12.4. The molecule has 25 heavy (non-hydrogen) atoms. The smallest absolute Gasteiger partial charge is 0.325 e. The maximum Gasteiger partial charge on any atom is 0.325 e. The number of carboxylic acid groups (broad SMARTS) is 1. The Morgan fingerprint density at radius 3 is 1.88 bits per heavy atom. The Morgan fingerprint density at radius 1 is 0.960 bits per heavy atom. The van der Waals surface area contributed by atoms with Crippen molar-refractivity contribution in [2.45, 2.75) is 59.0 Å². The second kappa shape index (κ2) is 8.14. The maximum atomic E-state index is 12.4. The number of benzene rings is 1. The number of amides is 2. The molecule has 3 N–H and O–H groups in total. The van der Waals surface area contributed by atoms with E-state index in [0.717, 1.165) is 5.56 Å². The summed E-state index contributed by atoms with van der Waals surface area (Å²) in [6.07, 6.45) is 0. The van der Waals surface area contributed by atoms with Crippen molar-refractivity contribution < 1.29 is 19.5 Å². The number of aliphatic carboxylic acids is 1. The summed E-state index contributed by atoms with van der Waals surface area (Å²) in [7, 11) is 0. The van der Waals surface area contributed by atoms with E-state index in [0.29, 0.717) is 5.56 Å². The number of nitrogens with one attached hydrogen (secondary N) is 2. The molecule has 1 unspecified atom stereocenters. The van der Waals surface area contributed by atoms with Crippen LogP contribution in [0.1, 0.15) is 57.5 Å². The van der Waals surface area contributed by atoms with Crippen molar-refractivity contribution in [1.29, 1.82) is 0 Å². The van der Waals surface area contributed by atoms with E-state index in [9.17, 15) is 14.4 Å². The molecule has 0 heterocycles. The first kappa shape index (κ1) is 20.7. The van der Waals surface area contributed by atoms with E-state index in [1.165, 1.54) is 6.92 Å². The summed E-state index contributed by atoms with van der Waals surface area (Å²) in [5.74, 6) is -2.18. The zero-order valence-corrected chi connectivity index (χ0v) is 15.7. The van der Waals surface area contributed by atoms with Crippen LogP contribution in [0.2, 0.25) is 0 Å². The van der Waals surface area contributed by atoms with Crippen LogP contribution in [0.5, 0.6) is 0 Å². The van der Waals surface area contributed by atoms with Gasteiger partial charge < -0.3 is 15.7 Å². The molecular weight excluding hydrogens is 320 g/mol. The number of carbonyl (C=O) groups excluding carboxylic acids is 2. The van der Waals surface area contributed by atoms with Crippen molar-refractivity contribution in [3.63, 3.8) is 0 Å². The predicted molar refractivity (Wildman–Crippen MR) is 96.5 cm³/mol. The van der Waals surface area contributed by atoms with Crippen LogP contribution in [-0.4, -0.2) is 35.0 Å². The molecule has 0 bridgehead atoms. The zero-order chi connectivity index (χ0) is 19.4. The van der Waals surface area contributed by atoms with Gasteiger partial charge >= 0.3 is 5.97 Å². The molecule has 0 aliphatic carbocycles. The fourth-order valence-electron chi connectivity index (χ4n) is 2.25. The molecule has 6 heteroatoms. The Labute approximate surface area is 149 Å². The third kappa shape index (κ3) is 5.89. The highest BCUT2D eigenvalue weighted by atomic mass is 16.4. The molecule has 0 spiro atoms. The normalized spacial score (nSPS) is 13.9. The van der Waals surface area contributed by atoms with Crippen molar-refractivity contribution in [2.75, 3.05) is 0 Å². The van der Waals surface area contributed by atoms with Crippen LogP contribution in [0.25, 0.3) is 0 Å². The van der Waals surface area contributed by atoms with Gasteiger partial charge in [0, 0.05) is 5.56 Å². The van der Waals surface area contributed by atoms with Gasteiger partial charge in [-0.25, -0.2) is 0 Å². The molecule has 1 aromatic rings. The molecule has 1 rings (SSSR count). The molecular formula is C19H28N2O4. The molecule has 0 aliphatic rings. The van der Waals surface area contributed by atoms with Gasteiger partial charge in [0.1, 0.15) is 12.1 Å². The van der Waals surface area contributed by atoms with Crippen LogP contribution < -0.4 is 10.6 Å². The summed E-state index contributed by atoms with van der Waals surface area (Å²) < 4.78 is 0. The summed E-state index contributed by atoms with van der Waals surface area (Å²) in [6, 6.07) is 5.42. The standard InChI is InChI=1S/C19H28N2O4/c1-11(2)15(17(23)20-12(3)18(24)25)21-16(22)13-7-9-14(10-8-13)19(4,5)6/h7-12,15H,1-6H3,(H,20,23)(H,21,22)(H,24,25)/t12-,15?/m1/s1. The molecule has 138 valence electrons. The second-order valence-electron chi connectivity index (χ2n) is 7.59. The summed E-state index contributed by atoms with van der Waals surface area (Å²) in [6.45, 7) is 11.2. The van der Waals surface area contributed by atoms with Crippen molar-refractivity contribution in [3.05, 3.63) is 35.4 Å². The van der Waals surface area contributed by atoms with Crippen molar-refractivity contribution >= 4 is 17.8 Å². The first-order chi connectivity index (χ1) is 11.4. The lowest BCUT2D eigenvalue weighted by molar-refractivity contribution is -0.141. The van der Waals surface area contributed by atoms with Gasteiger partial charge in [-0.05, 0) is 36.0 Å². The molecule has 0 radical (unpaired) electrons. The lowest BCUT2D eigenvalue weighted by Crippen LogP contribution is -2.53. The van der Waals surface area contributed by atoms with Gasteiger partial charge in [-0.3, -0.25) is 14.4 Å². The third-order valence-electron chi connectivity index (χ3n) is 3.98. The van der Waals surface area contributed by atoms with Gasteiger partial charge in [0.15, 0.2) is 0 Å². The minimum absolute atomic E-state index is 0.0116. The Morgan fingerprint density at radius 2 is 1.48 bits per heavy atom. The predicted octanol–water partition coefficient (Wildman–Crippen LogP) is 2.33. The summed E-state index contributed by atoms with van der Waals surface area (Å²) in [5, 5.41) is 14.0. The van der Waals surface area contributed by atoms with Gasteiger partial charge in [0.25, 0.3) is 5.91 Å². The molecule has 0 fully saturated rings. The van der Waals surface area contributed by atoms with Crippen LogP contribution in [0.3, 0.4) is 0 Å².